The molecule has 1 aliphatic carbocycles. The van der Waals surface area contributed by atoms with E-state index in [0.29, 0.717) is 0 Å². The summed E-state index contributed by atoms with van der Waals surface area (Å²) in [6.07, 6.45) is 12.9. The molecule has 3 heterocycles. The summed E-state index contributed by atoms with van der Waals surface area (Å²) in [6, 6.07) is 33.1. The van der Waals surface area contributed by atoms with Crippen molar-refractivity contribution in [3.8, 4) is 33.6 Å². The Bertz CT molecular complexity index is 1430. The fourth-order valence-corrected chi connectivity index (χ4v) is 6.83. The number of hydrogen-bond acceptors (Lipinski definition) is 3. The van der Waals surface area contributed by atoms with Gasteiger partial charge in [0.2, 0.25) is 0 Å². The van der Waals surface area contributed by atoms with Crippen LogP contribution in [0.15, 0.2) is 104 Å². The van der Waals surface area contributed by atoms with Crippen LogP contribution in [-0.2, 0) is 20.1 Å². The maximum absolute atomic E-state index is 4.72. The molecule has 2 aromatic carbocycles. The van der Waals surface area contributed by atoms with Crippen molar-refractivity contribution in [3.05, 3.63) is 121 Å². The van der Waals surface area contributed by atoms with Gasteiger partial charge in [-0.3, -0.25) is 4.98 Å². The Morgan fingerprint density at radius 3 is 2.12 bits per heavy atom. The van der Waals surface area contributed by atoms with Gasteiger partial charge in [0.1, 0.15) is 0 Å². The van der Waals surface area contributed by atoms with E-state index in [-0.39, 0.29) is 20.1 Å². The van der Waals surface area contributed by atoms with Gasteiger partial charge in [0, 0.05) is 32.5 Å². The zero-order valence-electron chi connectivity index (χ0n) is 23.4. The van der Waals surface area contributed by atoms with Gasteiger partial charge in [-0.2, -0.15) is 11.6 Å². The van der Waals surface area contributed by atoms with Gasteiger partial charge in [-0.25, -0.2) is 0 Å². The van der Waals surface area contributed by atoms with Crippen LogP contribution in [0, 0.1) is 12.1 Å². The summed E-state index contributed by atoms with van der Waals surface area (Å²) in [4.78, 5) is 13.2. The Morgan fingerprint density at radius 2 is 1.45 bits per heavy atom. The van der Waals surface area contributed by atoms with Crippen molar-refractivity contribution >= 4 is 13.3 Å². The molecule has 0 unspecified atom stereocenters. The molecule has 0 saturated heterocycles. The molecule has 3 nitrogen and oxygen atoms in total. The van der Waals surface area contributed by atoms with Gasteiger partial charge in [-0.1, -0.05) is 80.5 Å². The molecule has 1 aliphatic rings. The molecule has 5 aromatic rings. The zero-order valence-corrected chi connectivity index (χ0v) is 26.8. The summed E-state index contributed by atoms with van der Waals surface area (Å²) >= 11 is 0. The smallest absolute Gasteiger partial charge is 0.0798 e. The van der Waals surface area contributed by atoms with E-state index in [1.54, 1.807) is 11.8 Å². The van der Waals surface area contributed by atoms with Gasteiger partial charge in [-0.15, -0.1) is 42.0 Å². The Kier molecular flexibility index (Phi) is 10.3. The molecule has 0 aliphatic heterocycles. The standard InChI is InChI=1S/C18H23N2Si.C17H12N.Ir/c1-21(2,3)18-13-20-17(15-8-10-19-11-9-15)12-16(18)14-6-4-5-7-14;1-3-7-14(8-4-1)16-11-12-18-17(13-16)15-9-5-2-6-10-15;/h8,10-14H,4-7H2,1-3H3;1-9,11-13H;/q2*-1;. The van der Waals surface area contributed by atoms with Crippen LogP contribution in [0.1, 0.15) is 37.2 Å². The van der Waals surface area contributed by atoms with Gasteiger partial charge in [-0.05, 0) is 64.9 Å². The second kappa shape index (κ2) is 13.9. The van der Waals surface area contributed by atoms with E-state index in [1.807, 2.05) is 67.0 Å². The molecular formula is C35H35IrN3Si-2. The van der Waals surface area contributed by atoms with Crippen LogP contribution in [0.3, 0.4) is 0 Å². The third kappa shape index (κ3) is 7.48. The van der Waals surface area contributed by atoms with Crippen molar-refractivity contribution < 1.29 is 20.1 Å². The van der Waals surface area contributed by atoms with E-state index in [0.717, 1.165) is 28.4 Å². The third-order valence-corrected chi connectivity index (χ3v) is 9.32. The summed E-state index contributed by atoms with van der Waals surface area (Å²) in [5.41, 5.74) is 8.01. The van der Waals surface area contributed by atoms with Crippen LogP contribution in [-0.4, -0.2) is 23.0 Å². The summed E-state index contributed by atoms with van der Waals surface area (Å²) in [7, 11) is -1.35. The summed E-state index contributed by atoms with van der Waals surface area (Å²) in [5.74, 6) is 0.732. The van der Waals surface area contributed by atoms with E-state index >= 15 is 0 Å². The topological polar surface area (TPSA) is 38.7 Å². The predicted octanol–water partition coefficient (Wildman–Crippen LogP) is 8.36. The van der Waals surface area contributed by atoms with E-state index in [1.165, 1.54) is 42.0 Å². The molecule has 6 rings (SSSR count). The quantitative estimate of drug-likeness (QED) is 0.136. The Balaban J connectivity index is 0.000000182. The summed E-state index contributed by atoms with van der Waals surface area (Å²) in [5, 5.41) is 1.53. The van der Waals surface area contributed by atoms with Gasteiger partial charge < -0.3 is 9.97 Å². The molecule has 205 valence electrons. The normalized spacial score (nSPS) is 13.2. The van der Waals surface area contributed by atoms with Gasteiger partial charge in [0.05, 0.1) is 8.07 Å². The molecular weight excluding hydrogens is 683 g/mol. The molecule has 40 heavy (non-hydrogen) atoms. The minimum atomic E-state index is -1.35. The van der Waals surface area contributed by atoms with Crippen LogP contribution in [0.2, 0.25) is 19.6 Å². The molecule has 5 heteroatoms. The van der Waals surface area contributed by atoms with Crippen LogP contribution in [0.25, 0.3) is 33.6 Å². The molecule has 1 saturated carbocycles. The fourth-order valence-electron chi connectivity index (χ4n) is 5.23. The number of nitrogens with zero attached hydrogens (tertiary/aromatic N) is 3. The average Bonchev–Trinajstić information content (AvgIpc) is 3.54. The first-order valence-electron chi connectivity index (χ1n) is 13.8. The Labute approximate surface area is 253 Å². The number of benzene rings is 2. The monoisotopic (exact) mass is 718 g/mol. The minimum Gasteiger partial charge on any atom is -0.321 e. The molecule has 1 radical (unpaired) electrons. The number of rotatable bonds is 5. The van der Waals surface area contributed by atoms with Crippen LogP contribution in [0.4, 0.5) is 0 Å². The van der Waals surface area contributed by atoms with Gasteiger partial charge in [0.15, 0.2) is 0 Å². The molecule has 0 spiro atoms. The largest absolute Gasteiger partial charge is 0.321 e. The van der Waals surface area contributed by atoms with E-state index < -0.39 is 8.07 Å². The van der Waals surface area contributed by atoms with Gasteiger partial charge >= 0.3 is 0 Å². The van der Waals surface area contributed by atoms with E-state index in [9.17, 15) is 0 Å². The molecule has 0 atom stereocenters. The van der Waals surface area contributed by atoms with Crippen molar-refractivity contribution in [2.24, 2.45) is 0 Å². The maximum atomic E-state index is 4.72. The van der Waals surface area contributed by atoms with Crippen LogP contribution >= 0.6 is 0 Å². The van der Waals surface area contributed by atoms with E-state index in [2.05, 4.69) is 72.2 Å². The molecule has 0 amide bonds. The average molecular weight is 718 g/mol. The summed E-state index contributed by atoms with van der Waals surface area (Å²) in [6.45, 7) is 7.25. The van der Waals surface area contributed by atoms with Crippen molar-refractivity contribution in [3.63, 3.8) is 0 Å². The first-order valence-corrected chi connectivity index (χ1v) is 17.3. The summed E-state index contributed by atoms with van der Waals surface area (Å²) < 4.78 is 0. The number of aromatic nitrogens is 3. The number of pyridine rings is 3. The second-order valence-electron chi connectivity index (χ2n) is 11.1. The van der Waals surface area contributed by atoms with Crippen LogP contribution < -0.4 is 5.19 Å². The number of hydrogen-bond donors (Lipinski definition) is 0. The first kappa shape index (κ1) is 29.7. The molecule has 0 N–H and O–H groups in total. The minimum absolute atomic E-state index is 0. The van der Waals surface area contributed by atoms with E-state index in [4.69, 9.17) is 4.98 Å². The Morgan fingerprint density at radius 1 is 0.725 bits per heavy atom. The van der Waals surface area contributed by atoms with Crippen molar-refractivity contribution in [2.75, 3.05) is 0 Å². The van der Waals surface area contributed by atoms with Gasteiger partial charge in [0.25, 0.3) is 0 Å². The van der Waals surface area contributed by atoms with Crippen LogP contribution in [0.5, 0.6) is 0 Å². The SMILES string of the molecule is C[Si](C)(C)c1cnc(-c2[c-]cncc2)cc1C1CCCC1.[Ir].[c-]1ccccc1-c1cc(-c2ccccc2)ccn1. The second-order valence-corrected chi connectivity index (χ2v) is 16.2. The maximum Gasteiger partial charge on any atom is 0.0798 e. The third-order valence-electron chi connectivity index (χ3n) is 7.29. The molecule has 3 aromatic heterocycles. The molecule has 0 bridgehead atoms. The first-order chi connectivity index (χ1) is 19.0. The van der Waals surface area contributed by atoms with Crippen molar-refractivity contribution in [1.82, 2.24) is 15.0 Å². The zero-order chi connectivity index (χ0) is 27.1. The fraction of sp³-hybridized carbons (Fsp3) is 0.229. The molecule has 1 fully saturated rings. The van der Waals surface area contributed by atoms with Crippen molar-refractivity contribution in [2.45, 2.75) is 51.2 Å². The predicted molar refractivity (Wildman–Crippen MR) is 164 cm³/mol. The van der Waals surface area contributed by atoms with Crippen molar-refractivity contribution in [1.29, 1.82) is 0 Å². The Hall–Kier alpha value is -3.24.